The minimum atomic E-state index is -0.300. The molecule has 0 aromatic heterocycles. The first kappa shape index (κ1) is 13.2. The Morgan fingerprint density at radius 2 is 2.35 bits per heavy atom. The Morgan fingerprint density at radius 3 is 3.20 bits per heavy atom. The number of nitrogens with zero attached hydrogens (tertiary/aromatic N) is 1. The first-order valence-electron chi connectivity index (χ1n) is 6.81. The summed E-state index contributed by atoms with van der Waals surface area (Å²) < 4.78 is 11.0. The summed E-state index contributed by atoms with van der Waals surface area (Å²) in [6, 6.07) is 5.52. The number of ether oxygens (including phenoxy) is 2. The van der Waals surface area contributed by atoms with Crippen molar-refractivity contribution in [3.63, 3.8) is 0 Å². The van der Waals surface area contributed by atoms with Gasteiger partial charge in [0.2, 0.25) is 0 Å². The fourth-order valence-electron chi connectivity index (χ4n) is 2.52. The number of amides is 1. The molecule has 3 rings (SSSR count). The van der Waals surface area contributed by atoms with Crippen molar-refractivity contribution in [3.8, 4) is 5.75 Å². The number of carbonyl (C=O) groups is 1. The van der Waals surface area contributed by atoms with Crippen molar-refractivity contribution < 1.29 is 19.4 Å². The Balaban J connectivity index is 1.83. The Hall–Kier alpha value is -1.79. The lowest BCUT2D eigenvalue weighted by Gasteiger charge is -2.33. The summed E-state index contributed by atoms with van der Waals surface area (Å²) in [5.41, 5.74) is 1.42. The highest BCUT2D eigenvalue weighted by Crippen LogP contribution is 2.32. The van der Waals surface area contributed by atoms with Gasteiger partial charge < -0.3 is 24.8 Å². The molecule has 0 spiro atoms. The first-order valence-corrected chi connectivity index (χ1v) is 6.81. The number of aliphatic hydroxyl groups excluding tert-OH is 1. The van der Waals surface area contributed by atoms with Crippen LogP contribution in [0, 0.1) is 0 Å². The van der Waals surface area contributed by atoms with Crippen molar-refractivity contribution in [1.29, 1.82) is 0 Å². The zero-order chi connectivity index (χ0) is 13.9. The molecule has 1 aromatic carbocycles. The standard InChI is InChI=1S/C14H18N2O4/c17-9-10-8-16(5-7-19-10)14(18)11-2-1-3-12-13(11)20-6-4-15-12/h1-3,10,15,17H,4-9H2. The molecule has 6 nitrogen and oxygen atoms in total. The molecule has 2 aliphatic rings. The predicted molar refractivity (Wildman–Crippen MR) is 73.2 cm³/mol. The van der Waals surface area contributed by atoms with E-state index in [1.807, 2.05) is 12.1 Å². The maximum absolute atomic E-state index is 12.6. The average Bonchev–Trinajstić information content (AvgIpc) is 2.53. The molecule has 1 atom stereocenters. The lowest BCUT2D eigenvalue weighted by atomic mass is 10.1. The topological polar surface area (TPSA) is 71.0 Å². The maximum Gasteiger partial charge on any atom is 0.257 e. The molecular weight excluding hydrogens is 260 g/mol. The Labute approximate surface area is 117 Å². The molecule has 0 saturated carbocycles. The number of benzene rings is 1. The number of morpholine rings is 1. The SMILES string of the molecule is O=C(c1cccc2c1OCCN2)N1CCOC(CO)C1. The van der Waals surface area contributed by atoms with Crippen LogP contribution in [0.1, 0.15) is 10.4 Å². The van der Waals surface area contributed by atoms with E-state index < -0.39 is 0 Å². The average molecular weight is 278 g/mol. The normalized spacial score (nSPS) is 21.6. The van der Waals surface area contributed by atoms with Gasteiger partial charge in [-0.15, -0.1) is 0 Å². The zero-order valence-electron chi connectivity index (χ0n) is 11.2. The van der Waals surface area contributed by atoms with E-state index in [0.717, 1.165) is 12.2 Å². The molecule has 1 aromatic rings. The van der Waals surface area contributed by atoms with Crippen LogP contribution in [0.4, 0.5) is 5.69 Å². The van der Waals surface area contributed by atoms with Crippen molar-refractivity contribution >= 4 is 11.6 Å². The Bertz CT molecular complexity index is 506. The fraction of sp³-hybridized carbons (Fsp3) is 0.500. The van der Waals surface area contributed by atoms with Gasteiger partial charge in [0.05, 0.1) is 30.6 Å². The van der Waals surface area contributed by atoms with Crippen molar-refractivity contribution in [2.24, 2.45) is 0 Å². The second-order valence-corrected chi connectivity index (χ2v) is 4.88. The van der Waals surface area contributed by atoms with Crippen molar-refractivity contribution in [1.82, 2.24) is 4.90 Å². The highest BCUT2D eigenvalue weighted by Gasteiger charge is 2.27. The predicted octanol–water partition coefficient (Wildman–Crippen LogP) is 0.324. The van der Waals surface area contributed by atoms with Gasteiger partial charge in [0, 0.05) is 19.6 Å². The summed E-state index contributed by atoms with van der Waals surface area (Å²) in [6.45, 7) is 2.62. The van der Waals surface area contributed by atoms with Crippen molar-refractivity contribution in [3.05, 3.63) is 23.8 Å². The largest absolute Gasteiger partial charge is 0.489 e. The number of anilines is 1. The number of hydrogen-bond donors (Lipinski definition) is 2. The van der Waals surface area contributed by atoms with Gasteiger partial charge in [0.25, 0.3) is 5.91 Å². The van der Waals surface area contributed by atoms with E-state index in [1.54, 1.807) is 11.0 Å². The van der Waals surface area contributed by atoms with Crippen molar-refractivity contribution in [2.75, 3.05) is 44.8 Å². The van der Waals surface area contributed by atoms with Crippen molar-refractivity contribution in [2.45, 2.75) is 6.10 Å². The number of carbonyl (C=O) groups excluding carboxylic acids is 1. The maximum atomic E-state index is 12.6. The van der Waals surface area contributed by atoms with Crippen LogP contribution in [0.5, 0.6) is 5.75 Å². The van der Waals surface area contributed by atoms with Crippen LogP contribution < -0.4 is 10.1 Å². The molecule has 0 bridgehead atoms. The van der Waals surface area contributed by atoms with Gasteiger partial charge in [0.1, 0.15) is 6.61 Å². The molecular formula is C14H18N2O4. The number of rotatable bonds is 2. The molecule has 2 N–H and O–H groups in total. The van der Waals surface area contributed by atoms with Crippen LogP contribution in [0.15, 0.2) is 18.2 Å². The summed E-state index contributed by atoms with van der Waals surface area (Å²) in [4.78, 5) is 14.3. The van der Waals surface area contributed by atoms with Gasteiger partial charge in [-0.1, -0.05) is 6.07 Å². The van der Waals surface area contributed by atoms with Crippen LogP contribution in [-0.2, 0) is 4.74 Å². The van der Waals surface area contributed by atoms with Gasteiger partial charge in [-0.3, -0.25) is 4.79 Å². The molecule has 1 fully saturated rings. The molecule has 1 amide bonds. The smallest absolute Gasteiger partial charge is 0.257 e. The second-order valence-electron chi connectivity index (χ2n) is 4.88. The molecule has 1 unspecified atom stereocenters. The van der Waals surface area contributed by atoms with E-state index in [0.29, 0.717) is 37.6 Å². The minimum Gasteiger partial charge on any atom is -0.489 e. The molecule has 0 radical (unpaired) electrons. The summed E-state index contributed by atoms with van der Waals surface area (Å²) in [5.74, 6) is 0.545. The van der Waals surface area contributed by atoms with E-state index in [-0.39, 0.29) is 18.6 Å². The van der Waals surface area contributed by atoms with Gasteiger partial charge in [-0.05, 0) is 12.1 Å². The Morgan fingerprint density at radius 1 is 1.45 bits per heavy atom. The quantitative estimate of drug-likeness (QED) is 0.815. The Kier molecular flexibility index (Phi) is 3.75. The van der Waals surface area contributed by atoms with E-state index in [2.05, 4.69) is 5.32 Å². The first-order chi connectivity index (χ1) is 9.79. The lowest BCUT2D eigenvalue weighted by Crippen LogP contribution is -2.47. The summed E-state index contributed by atoms with van der Waals surface area (Å²) >= 11 is 0. The lowest BCUT2D eigenvalue weighted by molar-refractivity contribution is -0.0448. The third-order valence-electron chi connectivity index (χ3n) is 3.54. The molecule has 108 valence electrons. The van der Waals surface area contributed by atoms with Gasteiger partial charge in [-0.2, -0.15) is 0 Å². The highest BCUT2D eigenvalue weighted by molar-refractivity contribution is 5.99. The van der Waals surface area contributed by atoms with Gasteiger partial charge >= 0.3 is 0 Å². The van der Waals surface area contributed by atoms with Crippen LogP contribution >= 0.6 is 0 Å². The number of hydrogen-bond acceptors (Lipinski definition) is 5. The number of aliphatic hydroxyl groups is 1. The second kappa shape index (κ2) is 5.68. The molecule has 0 aliphatic carbocycles. The van der Waals surface area contributed by atoms with E-state index >= 15 is 0 Å². The van der Waals surface area contributed by atoms with Crippen LogP contribution in [-0.4, -0.2) is 61.5 Å². The highest BCUT2D eigenvalue weighted by atomic mass is 16.5. The number of nitrogens with one attached hydrogen (secondary N) is 1. The monoisotopic (exact) mass is 278 g/mol. The van der Waals surface area contributed by atoms with E-state index in [4.69, 9.17) is 14.6 Å². The van der Waals surface area contributed by atoms with E-state index in [9.17, 15) is 4.79 Å². The minimum absolute atomic E-state index is 0.0747. The van der Waals surface area contributed by atoms with E-state index in [1.165, 1.54) is 0 Å². The number of para-hydroxylation sites is 1. The van der Waals surface area contributed by atoms with Gasteiger partial charge in [-0.25, -0.2) is 0 Å². The fourth-order valence-corrected chi connectivity index (χ4v) is 2.52. The van der Waals surface area contributed by atoms with Gasteiger partial charge in [0.15, 0.2) is 5.75 Å². The molecule has 1 saturated heterocycles. The molecule has 2 heterocycles. The summed E-state index contributed by atoms with van der Waals surface area (Å²) in [6.07, 6.45) is -0.300. The third kappa shape index (κ3) is 2.44. The molecule has 6 heteroatoms. The van der Waals surface area contributed by atoms with Crippen LogP contribution in [0.25, 0.3) is 0 Å². The summed E-state index contributed by atoms with van der Waals surface area (Å²) in [5, 5.41) is 12.4. The molecule has 2 aliphatic heterocycles. The summed E-state index contributed by atoms with van der Waals surface area (Å²) in [7, 11) is 0. The van der Waals surface area contributed by atoms with Crippen LogP contribution in [0.3, 0.4) is 0 Å². The third-order valence-corrected chi connectivity index (χ3v) is 3.54. The van der Waals surface area contributed by atoms with Crippen LogP contribution in [0.2, 0.25) is 0 Å². The number of fused-ring (bicyclic) bond motifs is 1. The zero-order valence-corrected chi connectivity index (χ0v) is 11.2. The molecule has 20 heavy (non-hydrogen) atoms.